The summed E-state index contributed by atoms with van der Waals surface area (Å²) in [4.78, 5) is 27.9. The lowest BCUT2D eigenvalue weighted by Crippen LogP contribution is -2.44. The third-order valence-electron chi connectivity index (χ3n) is 4.45. The average Bonchev–Trinajstić information content (AvgIpc) is 3.14. The smallest absolute Gasteiger partial charge is 0.317 e. The Hall–Kier alpha value is -3.23. The molecule has 0 spiro atoms. The number of carbonyl (C=O) groups is 2. The van der Waals surface area contributed by atoms with E-state index in [1.54, 1.807) is 29.1 Å². The average molecular weight is 428 g/mol. The number of benzene rings is 1. The van der Waals surface area contributed by atoms with Gasteiger partial charge in [-0.1, -0.05) is 41.9 Å². The van der Waals surface area contributed by atoms with E-state index in [1.807, 2.05) is 37.3 Å². The lowest BCUT2D eigenvalue weighted by atomic mass is 10.1. The largest absolute Gasteiger partial charge is 0.480 e. The number of aromatic nitrogens is 3. The number of nitrogens with one attached hydrogen (secondary N) is 2. The number of nitrogens with zero attached hydrogens (tertiary/aromatic N) is 3. The Morgan fingerprint density at radius 3 is 2.63 bits per heavy atom. The third kappa shape index (κ3) is 5.65. The number of anilines is 1. The molecule has 9 heteroatoms. The molecule has 0 unspecified atom stereocenters. The van der Waals surface area contributed by atoms with Crippen molar-refractivity contribution in [3.8, 4) is 11.3 Å². The summed E-state index contributed by atoms with van der Waals surface area (Å²) in [5.41, 5.74) is 2.35. The number of pyridine rings is 1. The van der Waals surface area contributed by atoms with Crippen LogP contribution in [-0.2, 0) is 22.6 Å². The maximum Gasteiger partial charge on any atom is 0.317 e. The molecule has 3 rings (SSSR count). The van der Waals surface area contributed by atoms with Gasteiger partial charge in [-0.15, -0.1) is 0 Å². The van der Waals surface area contributed by atoms with Crippen molar-refractivity contribution in [3.63, 3.8) is 0 Å². The van der Waals surface area contributed by atoms with Crippen molar-refractivity contribution in [1.82, 2.24) is 20.1 Å². The van der Waals surface area contributed by atoms with Crippen molar-refractivity contribution in [2.45, 2.75) is 25.9 Å². The van der Waals surface area contributed by atoms with Crippen LogP contribution in [0.3, 0.4) is 0 Å². The predicted octanol–water partition coefficient (Wildman–Crippen LogP) is 2.84. The standard InChI is InChI=1S/C21H22ClN5O3/c1-2-27-19(12-16(26-27)15-8-9-23-18(22)11-15)25-21(30)17(24-13-20(28)29)10-14-6-4-3-5-7-14/h3-9,11-12,17,24H,2,10,13H2,1H3,(H,25,30)(H,28,29)/t17-/m0/s1. The van der Waals surface area contributed by atoms with Gasteiger partial charge in [0.25, 0.3) is 0 Å². The molecule has 0 aliphatic rings. The summed E-state index contributed by atoms with van der Waals surface area (Å²) in [6, 6.07) is 13.9. The quantitative estimate of drug-likeness (QED) is 0.453. The number of aryl methyl sites for hydroxylation is 1. The molecule has 2 heterocycles. The van der Waals surface area contributed by atoms with Gasteiger partial charge >= 0.3 is 5.97 Å². The number of hydrogen-bond acceptors (Lipinski definition) is 5. The molecular formula is C21H22ClN5O3. The van der Waals surface area contributed by atoms with Gasteiger partial charge in [-0.25, -0.2) is 9.67 Å². The maximum absolute atomic E-state index is 13.0. The minimum atomic E-state index is -1.03. The highest BCUT2D eigenvalue weighted by atomic mass is 35.5. The fourth-order valence-corrected chi connectivity index (χ4v) is 3.17. The fourth-order valence-electron chi connectivity index (χ4n) is 2.99. The number of carboxylic acids is 1. The molecule has 3 N–H and O–H groups in total. The van der Waals surface area contributed by atoms with Crippen molar-refractivity contribution < 1.29 is 14.7 Å². The second kappa shape index (κ2) is 10.00. The van der Waals surface area contributed by atoms with Crippen LogP contribution in [0.5, 0.6) is 0 Å². The Morgan fingerprint density at radius 1 is 1.20 bits per heavy atom. The third-order valence-corrected chi connectivity index (χ3v) is 4.66. The number of hydrogen-bond donors (Lipinski definition) is 3. The van der Waals surface area contributed by atoms with E-state index in [-0.39, 0.29) is 12.5 Å². The Bertz CT molecular complexity index is 1020. The zero-order chi connectivity index (χ0) is 21.5. The molecule has 0 saturated heterocycles. The normalized spacial score (nSPS) is 11.8. The van der Waals surface area contributed by atoms with Crippen LogP contribution in [-0.4, -0.2) is 44.3 Å². The molecule has 0 radical (unpaired) electrons. The summed E-state index contributed by atoms with van der Waals surface area (Å²) in [5.74, 6) is -0.856. The van der Waals surface area contributed by atoms with Crippen molar-refractivity contribution >= 4 is 29.3 Å². The summed E-state index contributed by atoms with van der Waals surface area (Å²) in [6.07, 6.45) is 1.94. The van der Waals surface area contributed by atoms with Crippen molar-refractivity contribution in [1.29, 1.82) is 0 Å². The van der Waals surface area contributed by atoms with E-state index in [9.17, 15) is 9.59 Å². The Labute approximate surface area is 178 Å². The molecule has 1 aromatic carbocycles. The van der Waals surface area contributed by atoms with Gasteiger partial charge in [-0.3, -0.25) is 14.9 Å². The molecule has 1 amide bonds. The first-order valence-corrected chi connectivity index (χ1v) is 9.83. The molecule has 1 atom stereocenters. The van der Waals surface area contributed by atoms with Gasteiger partial charge in [0.05, 0.1) is 18.3 Å². The van der Waals surface area contributed by atoms with Crippen molar-refractivity contribution in [3.05, 3.63) is 65.4 Å². The molecule has 2 aromatic heterocycles. The SMILES string of the molecule is CCn1nc(-c2ccnc(Cl)c2)cc1NC(=O)[C@H](Cc1ccccc1)NCC(=O)O. The second-order valence-corrected chi connectivity index (χ2v) is 6.99. The first kappa shape index (κ1) is 21.5. The molecule has 0 aliphatic heterocycles. The Balaban J connectivity index is 1.81. The summed E-state index contributed by atoms with van der Waals surface area (Å²) in [6.45, 7) is 2.13. The number of carbonyl (C=O) groups excluding carboxylic acids is 1. The summed E-state index contributed by atoms with van der Waals surface area (Å²) in [7, 11) is 0. The number of rotatable bonds is 9. The fraction of sp³-hybridized carbons (Fsp3) is 0.238. The van der Waals surface area contributed by atoms with Crippen LogP contribution in [0, 0.1) is 0 Å². The predicted molar refractivity (Wildman–Crippen MR) is 114 cm³/mol. The van der Waals surface area contributed by atoms with E-state index < -0.39 is 12.0 Å². The zero-order valence-corrected chi connectivity index (χ0v) is 17.1. The van der Waals surface area contributed by atoms with Crippen LogP contribution in [0.1, 0.15) is 12.5 Å². The van der Waals surface area contributed by atoms with E-state index >= 15 is 0 Å². The Morgan fingerprint density at radius 2 is 1.97 bits per heavy atom. The topological polar surface area (TPSA) is 109 Å². The highest BCUT2D eigenvalue weighted by molar-refractivity contribution is 6.29. The number of halogens is 1. The highest BCUT2D eigenvalue weighted by Crippen LogP contribution is 2.23. The molecule has 3 aromatic rings. The first-order chi connectivity index (χ1) is 14.5. The number of amides is 1. The molecule has 0 fully saturated rings. The van der Waals surface area contributed by atoms with Crippen LogP contribution in [0.2, 0.25) is 5.15 Å². The van der Waals surface area contributed by atoms with E-state index in [4.69, 9.17) is 16.7 Å². The highest BCUT2D eigenvalue weighted by Gasteiger charge is 2.21. The second-order valence-electron chi connectivity index (χ2n) is 6.60. The van der Waals surface area contributed by atoms with Crippen LogP contribution < -0.4 is 10.6 Å². The molecule has 156 valence electrons. The van der Waals surface area contributed by atoms with E-state index in [0.717, 1.165) is 11.1 Å². The lowest BCUT2D eigenvalue weighted by Gasteiger charge is -2.18. The van der Waals surface area contributed by atoms with E-state index in [1.165, 1.54) is 0 Å². The number of carboxylic acid groups (broad SMARTS) is 1. The zero-order valence-electron chi connectivity index (χ0n) is 16.4. The van der Waals surface area contributed by atoms with Gasteiger partial charge in [-0.2, -0.15) is 5.10 Å². The monoisotopic (exact) mass is 427 g/mol. The molecule has 0 aliphatic carbocycles. The molecular weight excluding hydrogens is 406 g/mol. The minimum Gasteiger partial charge on any atom is -0.480 e. The summed E-state index contributed by atoms with van der Waals surface area (Å²) < 4.78 is 1.67. The van der Waals surface area contributed by atoms with Crippen LogP contribution in [0.4, 0.5) is 5.82 Å². The van der Waals surface area contributed by atoms with Crippen molar-refractivity contribution in [2.75, 3.05) is 11.9 Å². The molecule has 0 saturated carbocycles. The van der Waals surface area contributed by atoms with Crippen LogP contribution in [0.25, 0.3) is 11.3 Å². The van der Waals surface area contributed by atoms with Gasteiger partial charge in [0.1, 0.15) is 11.0 Å². The van der Waals surface area contributed by atoms with E-state index in [0.29, 0.717) is 29.6 Å². The van der Waals surface area contributed by atoms with Crippen molar-refractivity contribution in [2.24, 2.45) is 0 Å². The summed E-state index contributed by atoms with van der Waals surface area (Å²) >= 11 is 5.97. The van der Waals surface area contributed by atoms with Crippen LogP contribution in [0.15, 0.2) is 54.7 Å². The Kier molecular flexibility index (Phi) is 7.16. The first-order valence-electron chi connectivity index (χ1n) is 9.46. The molecule has 0 bridgehead atoms. The van der Waals surface area contributed by atoms with Gasteiger partial charge in [0, 0.05) is 24.4 Å². The number of aliphatic carboxylic acids is 1. The van der Waals surface area contributed by atoms with Gasteiger partial charge < -0.3 is 10.4 Å². The maximum atomic E-state index is 13.0. The lowest BCUT2D eigenvalue weighted by molar-refractivity contribution is -0.136. The molecule has 8 nitrogen and oxygen atoms in total. The molecule has 30 heavy (non-hydrogen) atoms. The van der Waals surface area contributed by atoms with Gasteiger partial charge in [-0.05, 0) is 31.0 Å². The minimum absolute atomic E-state index is 0.321. The summed E-state index contributed by atoms with van der Waals surface area (Å²) in [5, 5.41) is 19.5. The van der Waals surface area contributed by atoms with E-state index in [2.05, 4.69) is 20.7 Å². The van der Waals surface area contributed by atoms with Gasteiger partial charge in [0.15, 0.2) is 0 Å². The van der Waals surface area contributed by atoms with Gasteiger partial charge in [0.2, 0.25) is 5.91 Å². The van der Waals surface area contributed by atoms with Crippen LogP contribution >= 0.6 is 11.6 Å².